The molecule has 1 aromatic carbocycles. The Hall–Kier alpha value is -0.880. The molecule has 106 valence electrons. The predicted molar refractivity (Wildman–Crippen MR) is 81.2 cm³/mol. The molecular formula is C13H18BrNO3S. The van der Waals surface area contributed by atoms with E-state index < -0.39 is 10.8 Å². The van der Waals surface area contributed by atoms with Crippen molar-refractivity contribution in [3.05, 3.63) is 28.2 Å². The van der Waals surface area contributed by atoms with Crippen LogP contribution in [0.25, 0.3) is 0 Å². The zero-order valence-electron chi connectivity index (χ0n) is 11.2. The Balaban J connectivity index is 2.61. The number of halogens is 1. The lowest BCUT2D eigenvalue weighted by Crippen LogP contribution is -2.27. The topological polar surface area (TPSA) is 55.4 Å². The Kier molecular flexibility index (Phi) is 6.51. The van der Waals surface area contributed by atoms with Gasteiger partial charge in [0, 0.05) is 33.3 Å². The van der Waals surface area contributed by atoms with E-state index in [1.165, 1.54) is 0 Å². The quantitative estimate of drug-likeness (QED) is 0.859. The lowest BCUT2D eigenvalue weighted by molar-refractivity contribution is 0.0952. The zero-order chi connectivity index (χ0) is 14.4. The van der Waals surface area contributed by atoms with E-state index >= 15 is 0 Å². The van der Waals surface area contributed by atoms with Gasteiger partial charge in [-0.05, 0) is 40.5 Å². The van der Waals surface area contributed by atoms with Crippen molar-refractivity contribution >= 4 is 32.6 Å². The standard InChI is InChI=1S/C13H18BrNO3S/c1-9(19(3)17)6-7-15-13(16)11-8-10(18-2)4-5-12(11)14/h4-5,8-9H,6-7H2,1-3H3,(H,15,16). The van der Waals surface area contributed by atoms with Gasteiger partial charge in [-0.25, -0.2) is 0 Å². The van der Waals surface area contributed by atoms with Crippen LogP contribution in [0.4, 0.5) is 0 Å². The molecule has 1 N–H and O–H groups in total. The van der Waals surface area contributed by atoms with Crippen LogP contribution in [0.15, 0.2) is 22.7 Å². The molecule has 2 atom stereocenters. The number of hydrogen-bond donors (Lipinski definition) is 1. The predicted octanol–water partition coefficient (Wildman–Crippen LogP) is 2.34. The Morgan fingerprint density at radius 3 is 2.79 bits per heavy atom. The minimum Gasteiger partial charge on any atom is -0.497 e. The summed E-state index contributed by atoms with van der Waals surface area (Å²) in [5, 5.41) is 2.90. The highest BCUT2D eigenvalue weighted by molar-refractivity contribution is 9.10. The first-order valence-electron chi connectivity index (χ1n) is 5.89. The summed E-state index contributed by atoms with van der Waals surface area (Å²) in [4.78, 5) is 12.0. The second kappa shape index (κ2) is 7.65. The van der Waals surface area contributed by atoms with Crippen LogP contribution in [0.1, 0.15) is 23.7 Å². The summed E-state index contributed by atoms with van der Waals surface area (Å²) in [6.07, 6.45) is 2.36. The fourth-order valence-corrected chi connectivity index (χ4v) is 2.33. The normalized spacial score (nSPS) is 13.7. The molecule has 0 radical (unpaired) electrons. The van der Waals surface area contributed by atoms with Crippen molar-refractivity contribution in [2.75, 3.05) is 19.9 Å². The van der Waals surface area contributed by atoms with Gasteiger partial charge >= 0.3 is 0 Å². The van der Waals surface area contributed by atoms with Gasteiger partial charge in [-0.1, -0.05) is 6.92 Å². The van der Waals surface area contributed by atoms with Crippen molar-refractivity contribution in [3.8, 4) is 5.75 Å². The van der Waals surface area contributed by atoms with E-state index in [0.29, 0.717) is 24.3 Å². The van der Waals surface area contributed by atoms with Crippen molar-refractivity contribution in [2.45, 2.75) is 18.6 Å². The van der Waals surface area contributed by atoms with Crippen LogP contribution in [-0.2, 0) is 10.8 Å². The average molecular weight is 348 g/mol. The Morgan fingerprint density at radius 2 is 2.21 bits per heavy atom. The lowest BCUT2D eigenvalue weighted by Gasteiger charge is -2.11. The van der Waals surface area contributed by atoms with Crippen LogP contribution >= 0.6 is 15.9 Å². The van der Waals surface area contributed by atoms with E-state index in [1.807, 2.05) is 6.92 Å². The van der Waals surface area contributed by atoms with Crippen molar-refractivity contribution in [2.24, 2.45) is 0 Å². The molecule has 4 nitrogen and oxygen atoms in total. The molecule has 1 aromatic rings. The van der Waals surface area contributed by atoms with Gasteiger partial charge < -0.3 is 10.1 Å². The van der Waals surface area contributed by atoms with Gasteiger partial charge in [0.1, 0.15) is 5.75 Å². The molecule has 1 rings (SSSR count). The molecule has 0 heterocycles. The molecule has 0 aliphatic rings. The number of nitrogens with one attached hydrogen (secondary N) is 1. The number of amides is 1. The van der Waals surface area contributed by atoms with Crippen molar-refractivity contribution < 1.29 is 13.7 Å². The number of methoxy groups -OCH3 is 1. The zero-order valence-corrected chi connectivity index (χ0v) is 13.6. The van der Waals surface area contributed by atoms with E-state index in [0.717, 1.165) is 4.47 Å². The van der Waals surface area contributed by atoms with E-state index in [1.54, 1.807) is 31.6 Å². The Labute approximate surface area is 124 Å². The van der Waals surface area contributed by atoms with Crippen molar-refractivity contribution in [1.82, 2.24) is 5.32 Å². The van der Waals surface area contributed by atoms with Crippen molar-refractivity contribution in [1.29, 1.82) is 0 Å². The van der Waals surface area contributed by atoms with Crippen LogP contribution < -0.4 is 10.1 Å². The third-order valence-corrected chi connectivity index (χ3v) is 4.88. The van der Waals surface area contributed by atoms with Gasteiger partial charge in [0.25, 0.3) is 5.91 Å². The smallest absolute Gasteiger partial charge is 0.252 e. The molecule has 0 aliphatic carbocycles. The van der Waals surface area contributed by atoms with Gasteiger partial charge in [-0.3, -0.25) is 9.00 Å². The largest absolute Gasteiger partial charge is 0.497 e. The van der Waals surface area contributed by atoms with E-state index in [9.17, 15) is 9.00 Å². The molecule has 0 saturated heterocycles. The number of carbonyl (C=O) groups is 1. The summed E-state index contributed by atoms with van der Waals surface area (Å²) in [5.41, 5.74) is 0.532. The Bertz CT molecular complexity index is 479. The SMILES string of the molecule is COc1ccc(Br)c(C(=O)NCCC(C)S(C)=O)c1. The molecule has 0 aromatic heterocycles. The molecule has 0 spiro atoms. The summed E-state index contributed by atoms with van der Waals surface area (Å²) in [7, 11) is 0.699. The number of ether oxygens (including phenoxy) is 1. The molecule has 6 heteroatoms. The van der Waals surface area contributed by atoms with Gasteiger partial charge in [0.2, 0.25) is 0 Å². The van der Waals surface area contributed by atoms with Crippen LogP contribution in [0.2, 0.25) is 0 Å². The highest BCUT2D eigenvalue weighted by Gasteiger charge is 2.12. The highest BCUT2D eigenvalue weighted by Crippen LogP contribution is 2.22. The minimum absolute atomic E-state index is 0.0778. The van der Waals surface area contributed by atoms with Crippen LogP contribution in [0.3, 0.4) is 0 Å². The molecular weight excluding hydrogens is 330 g/mol. The maximum atomic E-state index is 12.0. The second-order valence-corrected chi connectivity index (χ2v) is 6.86. The summed E-state index contributed by atoms with van der Waals surface area (Å²) in [6.45, 7) is 2.41. The van der Waals surface area contributed by atoms with Gasteiger partial charge in [-0.15, -0.1) is 0 Å². The number of carbonyl (C=O) groups excluding carboxylic acids is 1. The first kappa shape index (κ1) is 16.2. The molecule has 0 bridgehead atoms. The lowest BCUT2D eigenvalue weighted by atomic mass is 10.2. The summed E-state index contributed by atoms with van der Waals surface area (Å²) >= 11 is 3.34. The summed E-state index contributed by atoms with van der Waals surface area (Å²) in [5.74, 6) is 0.469. The fraction of sp³-hybridized carbons (Fsp3) is 0.462. The van der Waals surface area contributed by atoms with Gasteiger partial charge in [-0.2, -0.15) is 0 Å². The molecule has 0 aliphatic heterocycles. The number of rotatable bonds is 6. The first-order valence-corrected chi connectivity index (χ1v) is 8.31. The Morgan fingerprint density at radius 1 is 1.53 bits per heavy atom. The average Bonchev–Trinajstić information content (AvgIpc) is 2.38. The third-order valence-electron chi connectivity index (χ3n) is 2.82. The highest BCUT2D eigenvalue weighted by atomic mass is 79.9. The second-order valence-electron chi connectivity index (χ2n) is 4.20. The third kappa shape index (κ3) is 4.95. The molecule has 19 heavy (non-hydrogen) atoms. The maximum Gasteiger partial charge on any atom is 0.252 e. The summed E-state index contributed by atoms with van der Waals surface area (Å²) < 4.78 is 17.0. The minimum atomic E-state index is -0.860. The van der Waals surface area contributed by atoms with Crippen LogP contribution in [0, 0.1) is 0 Å². The molecule has 2 unspecified atom stereocenters. The number of hydrogen-bond acceptors (Lipinski definition) is 3. The van der Waals surface area contributed by atoms with E-state index in [2.05, 4.69) is 21.2 Å². The van der Waals surface area contributed by atoms with E-state index in [-0.39, 0.29) is 11.2 Å². The number of benzene rings is 1. The summed E-state index contributed by atoms with van der Waals surface area (Å²) in [6, 6.07) is 5.24. The van der Waals surface area contributed by atoms with Gasteiger partial charge in [0.05, 0.1) is 12.7 Å². The molecule has 0 fully saturated rings. The van der Waals surface area contributed by atoms with E-state index in [4.69, 9.17) is 4.74 Å². The van der Waals surface area contributed by atoms with Gasteiger partial charge in [0.15, 0.2) is 0 Å². The molecule has 1 amide bonds. The van der Waals surface area contributed by atoms with Crippen molar-refractivity contribution in [3.63, 3.8) is 0 Å². The fourth-order valence-electron chi connectivity index (χ4n) is 1.46. The van der Waals surface area contributed by atoms with Crippen LogP contribution in [0.5, 0.6) is 5.75 Å². The maximum absolute atomic E-state index is 12.0. The first-order chi connectivity index (χ1) is 8.95. The monoisotopic (exact) mass is 347 g/mol. The molecule has 0 saturated carbocycles. The van der Waals surface area contributed by atoms with Crippen LogP contribution in [-0.4, -0.2) is 35.3 Å².